The van der Waals surface area contributed by atoms with Gasteiger partial charge in [0.1, 0.15) is 5.75 Å². The highest BCUT2D eigenvalue weighted by Crippen LogP contribution is 2.29. The topological polar surface area (TPSA) is 54.3 Å². The summed E-state index contributed by atoms with van der Waals surface area (Å²) in [6.45, 7) is 3.16. The van der Waals surface area contributed by atoms with Gasteiger partial charge in [-0.25, -0.2) is 0 Å². The molecule has 1 N–H and O–H groups in total. The molecule has 0 aliphatic carbocycles. The summed E-state index contributed by atoms with van der Waals surface area (Å²) < 4.78 is 10.9. The molecule has 1 aromatic rings. The second-order valence-corrected chi connectivity index (χ2v) is 3.21. The average Bonchev–Trinajstić information content (AvgIpc) is 2.29. The highest BCUT2D eigenvalue weighted by atomic mass is 16.7. The van der Waals surface area contributed by atoms with Crippen molar-refractivity contribution >= 4 is 5.69 Å². The fourth-order valence-corrected chi connectivity index (χ4v) is 1.50. The van der Waals surface area contributed by atoms with Crippen LogP contribution in [0.5, 0.6) is 5.75 Å². The van der Waals surface area contributed by atoms with Crippen molar-refractivity contribution in [3.63, 3.8) is 0 Å². The summed E-state index contributed by atoms with van der Waals surface area (Å²) in [7, 11) is 0. The lowest BCUT2D eigenvalue weighted by atomic mass is 10.2. The zero-order valence-electron chi connectivity index (χ0n) is 8.49. The Hall–Kier alpha value is -1.73. The molecule has 1 aromatic carbocycles. The normalized spacial score (nSPS) is 18.3. The maximum atomic E-state index is 8.73. The summed E-state index contributed by atoms with van der Waals surface area (Å²) in [5.41, 5.74) is 1.48. The maximum Gasteiger partial charge on any atom is 0.217 e. The van der Waals surface area contributed by atoms with Gasteiger partial charge < -0.3 is 14.8 Å². The molecule has 1 heterocycles. The highest BCUT2D eigenvalue weighted by Gasteiger charge is 2.19. The Morgan fingerprint density at radius 1 is 1.67 bits per heavy atom. The van der Waals surface area contributed by atoms with Gasteiger partial charge in [0.25, 0.3) is 0 Å². The van der Waals surface area contributed by atoms with Gasteiger partial charge in [-0.2, -0.15) is 5.26 Å². The van der Waals surface area contributed by atoms with Gasteiger partial charge in [-0.3, -0.25) is 0 Å². The number of hydrogen-bond acceptors (Lipinski definition) is 4. The van der Waals surface area contributed by atoms with E-state index in [1.165, 1.54) is 0 Å². The molecule has 0 bridgehead atoms. The van der Waals surface area contributed by atoms with Crippen LogP contribution < -0.4 is 10.1 Å². The van der Waals surface area contributed by atoms with Crippen LogP contribution in [0.4, 0.5) is 5.69 Å². The standard InChI is InChI=1S/C11H12N2O2/c1-2-14-11-7-13-9-5-8(6-12)3-4-10(9)15-11/h3-5,11,13H,2,7H2,1H3. The van der Waals surface area contributed by atoms with Gasteiger partial charge in [0.05, 0.1) is 23.9 Å². The molecule has 0 saturated carbocycles. The summed E-state index contributed by atoms with van der Waals surface area (Å²) in [5, 5.41) is 11.9. The Balaban J connectivity index is 2.18. The first kappa shape index (κ1) is 9.81. The number of fused-ring (bicyclic) bond motifs is 1. The summed E-state index contributed by atoms with van der Waals surface area (Å²) >= 11 is 0. The number of benzene rings is 1. The van der Waals surface area contributed by atoms with Crippen molar-refractivity contribution in [3.05, 3.63) is 23.8 Å². The van der Waals surface area contributed by atoms with Crippen molar-refractivity contribution in [2.45, 2.75) is 13.2 Å². The number of anilines is 1. The Bertz CT molecular complexity index is 398. The number of hydrogen-bond donors (Lipinski definition) is 1. The van der Waals surface area contributed by atoms with Crippen LogP contribution in [0.1, 0.15) is 12.5 Å². The average molecular weight is 204 g/mol. The second kappa shape index (κ2) is 4.20. The fourth-order valence-electron chi connectivity index (χ4n) is 1.50. The van der Waals surface area contributed by atoms with E-state index in [2.05, 4.69) is 11.4 Å². The van der Waals surface area contributed by atoms with E-state index >= 15 is 0 Å². The first-order chi connectivity index (χ1) is 7.33. The summed E-state index contributed by atoms with van der Waals surface area (Å²) in [4.78, 5) is 0. The van der Waals surface area contributed by atoms with Crippen LogP contribution in [0.3, 0.4) is 0 Å². The molecule has 1 unspecified atom stereocenters. The van der Waals surface area contributed by atoms with Crippen LogP contribution >= 0.6 is 0 Å². The van der Waals surface area contributed by atoms with Gasteiger partial charge in [-0.05, 0) is 25.1 Å². The fraction of sp³-hybridized carbons (Fsp3) is 0.364. The van der Waals surface area contributed by atoms with E-state index in [0.29, 0.717) is 18.7 Å². The minimum Gasteiger partial charge on any atom is -0.461 e. The van der Waals surface area contributed by atoms with Gasteiger partial charge in [0.2, 0.25) is 6.29 Å². The van der Waals surface area contributed by atoms with E-state index < -0.39 is 0 Å². The van der Waals surface area contributed by atoms with E-state index in [-0.39, 0.29) is 6.29 Å². The molecule has 0 saturated heterocycles. The predicted molar refractivity (Wildman–Crippen MR) is 55.7 cm³/mol. The molecule has 78 valence electrons. The molecule has 0 radical (unpaired) electrons. The largest absolute Gasteiger partial charge is 0.461 e. The predicted octanol–water partition coefficient (Wildman–Crippen LogP) is 1.73. The number of rotatable bonds is 2. The smallest absolute Gasteiger partial charge is 0.217 e. The third-order valence-corrected chi connectivity index (χ3v) is 2.18. The quantitative estimate of drug-likeness (QED) is 0.797. The van der Waals surface area contributed by atoms with Crippen LogP contribution in [-0.2, 0) is 4.74 Å². The molecule has 0 fully saturated rings. The van der Waals surface area contributed by atoms with Crippen molar-refractivity contribution in [2.75, 3.05) is 18.5 Å². The monoisotopic (exact) mass is 204 g/mol. The van der Waals surface area contributed by atoms with E-state index in [4.69, 9.17) is 14.7 Å². The minimum atomic E-state index is -0.240. The number of ether oxygens (including phenoxy) is 2. The van der Waals surface area contributed by atoms with Gasteiger partial charge >= 0.3 is 0 Å². The first-order valence-corrected chi connectivity index (χ1v) is 4.89. The SMILES string of the molecule is CCOC1CNc2cc(C#N)ccc2O1. The highest BCUT2D eigenvalue weighted by molar-refractivity contribution is 5.61. The molecule has 1 aliphatic heterocycles. The van der Waals surface area contributed by atoms with Gasteiger partial charge in [0.15, 0.2) is 0 Å². The Kier molecular flexibility index (Phi) is 2.75. The van der Waals surface area contributed by atoms with E-state index in [1.54, 1.807) is 18.2 Å². The van der Waals surface area contributed by atoms with Gasteiger partial charge in [-0.1, -0.05) is 0 Å². The van der Waals surface area contributed by atoms with E-state index in [0.717, 1.165) is 11.4 Å². The Morgan fingerprint density at radius 2 is 2.53 bits per heavy atom. The number of nitriles is 1. The molecular weight excluding hydrogens is 192 g/mol. The van der Waals surface area contributed by atoms with Crippen molar-refractivity contribution < 1.29 is 9.47 Å². The van der Waals surface area contributed by atoms with Crippen LogP contribution in [0.15, 0.2) is 18.2 Å². The van der Waals surface area contributed by atoms with Gasteiger partial charge in [0, 0.05) is 6.61 Å². The van der Waals surface area contributed by atoms with E-state index in [9.17, 15) is 0 Å². The Labute approximate surface area is 88.4 Å². The lowest BCUT2D eigenvalue weighted by Crippen LogP contribution is -2.33. The molecule has 0 aromatic heterocycles. The molecule has 0 amide bonds. The van der Waals surface area contributed by atoms with Crippen molar-refractivity contribution in [1.29, 1.82) is 5.26 Å². The van der Waals surface area contributed by atoms with Crippen LogP contribution in [-0.4, -0.2) is 19.4 Å². The zero-order valence-corrected chi connectivity index (χ0v) is 8.49. The van der Waals surface area contributed by atoms with Crippen molar-refractivity contribution in [2.24, 2.45) is 0 Å². The van der Waals surface area contributed by atoms with Crippen LogP contribution in [0, 0.1) is 11.3 Å². The summed E-state index contributed by atoms with van der Waals surface area (Å²) in [5.74, 6) is 0.735. The van der Waals surface area contributed by atoms with Crippen molar-refractivity contribution in [1.82, 2.24) is 0 Å². The molecule has 4 nitrogen and oxygen atoms in total. The van der Waals surface area contributed by atoms with Crippen molar-refractivity contribution in [3.8, 4) is 11.8 Å². The molecule has 2 rings (SSSR count). The second-order valence-electron chi connectivity index (χ2n) is 3.21. The number of nitrogens with one attached hydrogen (secondary N) is 1. The molecular formula is C11H12N2O2. The van der Waals surface area contributed by atoms with Crippen LogP contribution in [0.25, 0.3) is 0 Å². The summed E-state index contributed by atoms with van der Waals surface area (Å²) in [6, 6.07) is 7.38. The molecule has 1 atom stereocenters. The van der Waals surface area contributed by atoms with Crippen LogP contribution in [0.2, 0.25) is 0 Å². The third-order valence-electron chi connectivity index (χ3n) is 2.18. The molecule has 0 spiro atoms. The first-order valence-electron chi connectivity index (χ1n) is 4.89. The molecule has 15 heavy (non-hydrogen) atoms. The summed E-state index contributed by atoms with van der Waals surface area (Å²) in [6.07, 6.45) is -0.240. The minimum absolute atomic E-state index is 0.240. The zero-order chi connectivity index (χ0) is 10.7. The number of nitrogens with zero attached hydrogens (tertiary/aromatic N) is 1. The molecule has 1 aliphatic rings. The van der Waals surface area contributed by atoms with E-state index in [1.807, 2.05) is 6.92 Å². The Morgan fingerprint density at radius 3 is 3.27 bits per heavy atom. The lowest BCUT2D eigenvalue weighted by molar-refractivity contribution is -0.0686. The third kappa shape index (κ3) is 2.03. The lowest BCUT2D eigenvalue weighted by Gasteiger charge is -2.26. The van der Waals surface area contributed by atoms with Gasteiger partial charge in [-0.15, -0.1) is 0 Å². The molecule has 4 heteroatoms. The maximum absolute atomic E-state index is 8.73.